The van der Waals surface area contributed by atoms with Gasteiger partial charge in [0.2, 0.25) is 5.91 Å². The van der Waals surface area contributed by atoms with Gasteiger partial charge in [-0.3, -0.25) is 4.79 Å². The molecule has 3 aromatic heterocycles. The maximum Gasteiger partial charge on any atom is 0.355 e. The second-order valence-electron chi connectivity index (χ2n) is 10.7. The lowest BCUT2D eigenvalue weighted by Crippen LogP contribution is -2.54. The fourth-order valence-corrected chi connectivity index (χ4v) is 6.27. The molecule has 5 rings (SSSR count). The molecular formula is C29H31FN8O4S. The van der Waals surface area contributed by atoms with Crippen LogP contribution in [0.3, 0.4) is 0 Å². The fraction of sp³-hybridized carbons (Fsp3) is 0.310. The molecule has 1 amide bonds. The van der Waals surface area contributed by atoms with Gasteiger partial charge in [0.15, 0.2) is 21.3 Å². The molecule has 4 heterocycles. The number of amides is 1. The van der Waals surface area contributed by atoms with Crippen LogP contribution >= 0.6 is 0 Å². The average Bonchev–Trinajstić information content (AvgIpc) is 2.96. The number of fused-ring (bicyclic) bond motifs is 1. The molecule has 224 valence electrons. The molecule has 0 saturated carbocycles. The van der Waals surface area contributed by atoms with Gasteiger partial charge in [0.25, 0.3) is 0 Å². The third-order valence-corrected chi connectivity index (χ3v) is 8.59. The number of sulfone groups is 1. The molecule has 0 radical (unpaired) electrons. The van der Waals surface area contributed by atoms with E-state index in [4.69, 9.17) is 5.73 Å². The van der Waals surface area contributed by atoms with E-state index in [-0.39, 0.29) is 62.4 Å². The quantitative estimate of drug-likeness (QED) is 0.324. The van der Waals surface area contributed by atoms with E-state index in [1.807, 2.05) is 25.7 Å². The second kappa shape index (κ2) is 11.2. The molecule has 0 spiro atoms. The number of carbonyl (C=O) groups is 1. The Hall–Kier alpha value is -4.72. The zero-order valence-corrected chi connectivity index (χ0v) is 25.0. The van der Waals surface area contributed by atoms with E-state index in [0.29, 0.717) is 25.2 Å². The number of anilines is 2. The van der Waals surface area contributed by atoms with Crippen LogP contribution in [0.1, 0.15) is 32.3 Å². The number of hydrogen-bond donors (Lipinski definition) is 1. The third kappa shape index (κ3) is 5.33. The smallest absolute Gasteiger partial charge is 0.355 e. The molecule has 1 atom stereocenters. The lowest BCUT2D eigenvalue weighted by molar-refractivity contribution is -0.126. The van der Waals surface area contributed by atoms with E-state index in [1.165, 1.54) is 30.7 Å². The summed E-state index contributed by atoms with van der Waals surface area (Å²) >= 11 is 0. The van der Waals surface area contributed by atoms with Crippen molar-refractivity contribution in [3.63, 3.8) is 0 Å². The van der Waals surface area contributed by atoms with Crippen LogP contribution in [0.25, 0.3) is 28.0 Å². The van der Waals surface area contributed by atoms with Crippen LogP contribution < -0.4 is 16.3 Å². The van der Waals surface area contributed by atoms with Crippen LogP contribution in [0.5, 0.6) is 0 Å². The Labute approximate surface area is 247 Å². The molecule has 1 aliphatic rings. The maximum absolute atomic E-state index is 15.9. The van der Waals surface area contributed by atoms with Gasteiger partial charge in [-0.1, -0.05) is 32.6 Å². The number of nitrogen functional groups attached to an aromatic ring is 1. The first kappa shape index (κ1) is 29.8. The molecule has 14 heteroatoms. The molecule has 1 aromatic carbocycles. The van der Waals surface area contributed by atoms with Gasteiger partial charge in [0, 0.05) is 38.1 Å². The fourth-order valence-electron chi connectivity index (χ4n) is 5.38. The molecule has 0 bridgehead atoms. The summed E-state index contributed by atoms with van der Waals surface area (Å²) in [6.07, 6.45) is 4.82. The van der Waals surface area contributed by atoms with Gasteiger partial charge in [-0.2, -0.15) is 4.98 Å². The van der Waals surface area contributed by atoms with Gasteiger partial charge < -0.3 is 15.5 Å². The summed E-state index contributed by atoms with van der Waals surface area (Å²) in [5.74, 6) is -1.06. The van der Waals surface area contributed by atoms with Gasteiger partial charge in [0.05, 0.1) is 21.5 Å². The van der Waals surface area contributed by atoms with Crippen LogP contribution in [-0.4, -0.2) is 75.7 Å². The molecule has 0 unspecified atom stereocenters. The summed E-state index contributed by atoms with van der Waals surface area (Å²) in [6.45, 7) is 10.1. The second-order valence-corrected chi connectivity index (χ2v) is 12.7. The zero-order valence-electron chi connectivity index (χ0n) is 24.2. The molecular weight excluding hydrogens is 575 g/mol. The maximum atomic E-state index is 15.9. The number of para-hydroxylation sites is 1. The van der Waals surface area contributed by atoms with Crippen LogP contribution in [0.15, 0.2) is 59.1 Å². The predicted octanol–water partition coefficient (Wildman–Crippen LogP) is 2.71. The van der Waals surface area contributed by atoms with Crippen molar-refractivity contribution in [1.29, 1.82) is 0 Å². The van der Waals surface area contributed by atoms with E-state index in [2.05, 4.69) is 26.5 Å². The van der Waals surface area contributed by atoms with Gasteiger partial charge in [-0.25, -0.2) is 37.1 Å². The number of benzene rings is 1. The number of nitrogens with zero attached hydrogens (tertiary/aromatic N) is 7. The Kier molecular flexibility index (Phi) is 7.73. The summed E-state index contributed by atoms with van der Waals surface area (Å²) in [4.78, 5) is 46.5. The summed E-state index contributed by atoms with van der Waals surface area (Å²) < 4.78 is 43.0. The number of nitrogens with two attached hydrogens (primary N) is 1. The lowest BCUT2D eigenvalue weighted by Gasteiger charge is -2.40. The van der Waals surface area contributed by atoms with Crippen molar-refractivity contribution >= 4 is 38.4 Å². The SMILES string of the molecule is C=CC(=O)N1CCN(c2nc(=O)n(-c3c(C(C)C)cccc3S(C)(=O)=O)c3nc(-c4cncnc4N)c(F)cc23)[C@@H](C)C1. The predicted molar refractivity (Wildman–Crippen MR) is 161 cm³/mol. The monoisotopic (exact) mass is 606 g/mol. The minimum Gasteiger partial charge on any atom is -0.383 e. The molecule has 1 saturated heterocycles. The standard InChI is InChI=1S/C29H31FN8O4S/c1-6-23(39)36-10-11-37(17(4)14-36)27-19-12-21(30)24(20-13-32-15-33-26(20)31)34-28(19)38(29(40)35-27)25-18(16(2)3)8-7-9-22(25)43(5,41)42/h6-9,12-13,15-17H,1,10-11,14H2,2-5H3,(H2,31,32,33)/t17-/m0/s1. The average molecular weight is 607 g/mol. The number of halogens is 1. The highest BCUT2D eigenvalue weighted by atomic mass is 32.2. The largest absolute Gasteiger partial charge is 0.383 e. The van der Waals surface area contributed by atoms with Crippen molar-refractivity contribution in [2.24, 2.45) is 0 Å². The normalized spacial score (nSPS) is 15.7. The van der Waals surface area contributed by atoms with Crippen molar-refractivity contribution in [2.45, 2.75) is 37.6 Å². The Bertz CT molecular complexity index is 1940. The topological polar surface area (TPSA) is 157 Å². The van der Waals surface area contributed by atoms with Crippen LogP contribution in [0, 0.1) is 5.82 Å². The molecule has 2 N–H and O–H groups in total. The first-order valence-corrected chi connectivity index (χ1v) is 15.4. The van der Waals surface area contributed by atoms with Crippen molar-refractivity contribution in [1.82, 2.24) is 29.4 Å². The van der Waals surface area contributed by atoms with Crippen molar-refractivity contribution in [3.8, 4) is 16.9 Å². The lowest BCUT2D eigenvalue weighted by atomic mass is 10.0. The molecule has 1 fully saturated rings. The molecule has 1 aliphatic heterocycles. The van der Waals surface area contributed by atoms with Gasteiger partial charge in [-0.15, -0.1) is 0 Å². The summed E-state index contributed by atoms with van der Waals surface area (Å²) in [5.41, 5.74) is 5.74. The number of pyridine rings is 1. The van der Waals surface area contributed by atoms with Crippen molar-refractivity contribution < 1.29 is 17.6 Å². The van der Waals surface area contributed by atoms with E-state index in [9.17, 15) is 18.0 Å². The van der Waals surface area contributed by atoms with E-state index in [1.54, 1.807) is 17.0 Å². The van der Waals surface area contributed by atoms with Crippen molar-refractivity contribution in [3.05, 3.63) is 71.3 Å². The highest BCUT2D eigenvalue weighted by Crippen LogP contribution is 2.35. The van der Waals surface area contributed by atoms with Crippen LogP contribution in [-0.2, 0) is 14.6 Å². The minimum absolute atomic E-state index is 0.0237. The Morgan fingerprint density at radius 1 is 1.23 bits per heavy atom. The van der Waals surface area contributed by atoms with Crippen LogP contribution in [0.4, 0.5) is 16.0 Å². The highest BCUT2D eigenvalue weighted by molar-refractivity contribution is 7.90. The minimum atomic E-state index is -3.84. The Balaban J connectivity index is 1.88. The summed E-state index contributed by atoms with van der Waals surface area (Å²) in [6, 6.07) is 5.64. The number of piperazine rings is 1. The molecule has 43 heavy (non-hydrogen) atoms. The Morgan fingerprint density at radius 2 is 1.98 bits per heavy atom. The highest BCUT2D eigenvalue weighted by Gasteiger charge is 2.31. The summed E-state index contributed by atoms with van der Waals surface area (Å²) in [7, 11) is -3.84. The molecule has 0 aliphatic carbocycles. The molecule has 12 nitrogen and oxygen atoms in total. The van der Waals surface area contributed by atoms with E-state index >= 15 is 4.39 Å². The number of hydrogen-bond acceptors (Lipinski definition) is 10. The van der Waals surface area contributed by atoms with Gasteiger partial charge in [-0.05, 0) is 36.6 Å². The number of aromatic nitrogens is 5. The summed E-state index contributed by atoms with van der Waals surface area (Å²) in [5, 5.41) is 0.171. The van der Waals surface area contributed by atoms with Gasteiger partial charge in [0.1, 0.15) is 23.7 Å². The Morgan fingerprint density at radius 3 is 2.60 bits per heavy atom. The van der Waals surface area contributed by atoms with Crippen LogP contribution in [0.2, 0.25) is 0 Å². The van der Waals surface area contributed by atoms with Gasteiger partial charge >= 0.3 is 5.69 Å². The first-order chi connectivity index (χ1) is 20.3. The number of carbonyl (C=O) groups excluding carboxylic acids is 1. The first-order valence-electron chi connectivity index (χ1n) is 13.5. The number of rotatable bonds is 6. The third-order valence-electron chi connectivity index (χ3n) is 7.46. The molecule has 4 aromatic rings. The zero-order chi connectivity index (χ0) is 31.2. The van der Waals surface area contributed by atoms with Crippen molar-refractivity contribution in [2.75, 3.05) is 36.5 Å². The van der Waals surface area contributed by atoms with E-state index < -0.39 is 21.3 Å². The van der Waals surface area contributed by atoms with E-state index in [0.717, 1.165) is 10.8 Å².